The topological polar surface area (TPSA) is 579 Å². The van der Waals surface area contributed by atoms with Crippen molar-refractivity contribution < 1.29 is 81.6 Å². The van der Waals surface area contributed by atoms with Gasteiger partial charge in [-0.3, -0.25) is 4.89 Å². The van der Waals surface area contributed by atoms with Crippen LogP contribution in [-0.2, 0) is 36.2 Å². The first kappa shape index (κ1) is 70.1. The predicted octanol–water partition coefficient (Wildman–Crippen LogP) is -0.157. The zero-order valence-electron chi connectivity index (χ0n) is 14.8. The molecule has 0 unspecified atom stereocenters. The summed E-state index contributed by atoms with van der Waals surface area (Å²) in [6.07, 6.45) is 0. The third-order valence-electron chi connectivity index (χ3n) is 0.625. The molecule has 0 fully saturated rings. The molecule has 0 aliphatic heterocycles. The molecule has 0 saturated carbocycles. The monoisotopic (exact) mass is 542 g/mol. The predicted molar refractivity (Wildman–Crippen MR) is 97.1 cm³/mol. The fourth-order valence-corrected chi connectivity index (χ4v) is 2.87. The number of rotatable bonds is 6. The van der Waals surface area contributed by atoms with Crippen LogP contribution in [0, 0.1) is 0 Å². The summed E-state index contributed by atoms with van der Waals surface area (Å²) >= 11 is 0. The van der Waals surface area contributed by atoms with Crippen LogP contribution in [0.15, 0.2) is 0 Å². The Bertz CT molecular complexity index is 448. The summed E-state index contributed by atoms with van der Waals surface area (Å²) in [7, 11) is -20.7. The van der Waals surface area contributed by atoms with Crippen molar-refractivity contribution in [1.82, 2.24) is 49.2 Å². The highest BCUT2D eigenvalue weighted by molar-refractivity contribution is 7.66. The molecule has 0 atom stereocenters. The van der Waals surface area contributed by atoms with E-state index in [0.29, 0.717) is 0 Å². The van der Waals surface area contributed by atoms with Crippen molar-refractivity contribution in [3.8, 4) is 0 Å². The number of hydrogen-bond donors (Lipinski definition) is 16. The van der Waals surface area contributed by atoms with Gasteiger partial charge in [-0.15, -0.1) is 9.35 Å². The fourth-order valence-electron chi connectivity index (χ4n) is 0.299. The van der Waals surface area contributed by atoms with Crippen LogP contribution in [0.5, 0.6) is 0 Å². The second kappa shape index (κ2) is 26.1. The highest BCUT2D eigenvalue weighted by atomic mass is 31.3. The smallest absolute Gasteiger partial charge is 0.412 e. The summed E-state index contributed by atoms with van der Waals surface area (Å²) < 4.78 is 51.4. The molecule has 0 rings (SSSR count). The molecule has 25 nitrogen and oxygen atoms in total. The van der Waals surface area contributed by atoms with Gasteiger partial charge >= 0.3 is 31.3 Å². The summed E-state index contributed by atoms with van der Waals surface area (Å²) in [6, 6.07) is 0. The minimum absolute atomic E-state index is 0. The lowest BCUT2D eigenvalue weighted by molar-refractivity contribution is -0.224. The molecule has 0 spiro atoms. The lowest BCUT2D eigenvalue weighted by Gasteiger charge is -2.11. The Balaban J connectivity index is -0.0000000205. The first-order valence-electron chi connectivity index (χ1n) is 3.39. The van der Waals surface area contributed by atoms with Gasteiger partial charge in [0.15, 0.2) is 0 Å². The summed E-state index contributed by atoms with van der Waals surface area (Å²) in [5.74, 6) is 0. The molecule has 0 radical (unpaired) electrons. The molecule has 34 N–H and O–H groups in total. The largest absolute Gasteiger partial charge is 0.526 e. The van der Waals surface area contributed by atoms with Crippen molar-refractivity contribution in [2.45, 2.75) is 0 Å². The van der Waals surface area contributed by atoms with Crippen LogP contribution in [0.4, 0.5) is 0 Å². The van der Waals surface area contributed by atoms with E-state index in [2.05, 4.69) is 18.0 Å². The van der Waals surface area contributed by atoms with Crippen LogP contribution in [0.2, 0.25) is 0 Å². The maximum absolute atomic E-state index is 10.4. The fraction of sp³-hybridized carbons (Fsp3) is 0. The van der Waals surface area contributed by atoms with E-state index in [4.69, 9.17) is 39.9 Å². The van der Waals surface area contributed by atoms with Crippen LogP contribution in [-0.4, -0.2) is 45.4 Å². The van der Waals surface area contributed by atoms with Gasteiger partial charge in [0.1, 0.15) is 0 Å². The summed E-state index contributed by atoms with van der Waals surface area (Å²) in [6.45, 7) is 0. The molecule has 0 amide bonds. The van der Waals surface area contributed by atoms with Gasteiger partial charge < -0.3 is 79.1 Å². The van der Waals surface area contributed by atoms with Gasteiger partial charge in [0.25, 0.3) is 0 Å². The second-order valence-corrected chi connectivity index (χ2v) is 7.71. The van der Waals surface area contributed by atoms with Crippen LogP contribution in [0.1, 0.15) is 0 Å². The lowest BCUT2D eigenvalue weighted by Crippen LogP contribution is -1.91. The van der Waals surface area contributed by atoms with Gasteiger partial charge in [-0.05, 0) is 0 Å². The minimum atomic E-state index is -5.46. The van der Waals surface area contributed by atoms with Crippen molar-refractivity contribution in [3.63, 3.8) is 0 Å². The zero-order valence-corrected chi connectivity index (χ0v) is 18.4. The molecule has 29 heteroatoms. The highest BCUT2D eigenvalue weighted by Crippen LogP contribution is 2.64. The second-order valence-electron chi connectivity index (χ2n) is 2.24. The molecular weight excluding hydrogens is 508 g/mol. The number of hydrogen-bond acceptors (Lipinski definition) is 18. The Hall–Kier alpha value is 0.0800. The van der Waals surface area contributed by atoms with Crippen molar-refractivity contribution >= 4 is 31.3 Å². The standard InChI is InChI=1S/8H3N.H5O10P3.H3O6P.H2O/c;;;;;;;;1-11(2,3)9-13(7,8)10-12(4,5)6;1-5-7(3,4)6-2;/h8*1H3;(H,7,8)(H2,1,2,3)(H2,4,5,6);1-2H,(H,3,4);1H2. The van der Waals surface area contributed by atoms with Gasteiger partial charge in [0.05, 0.1) is 0 Å². The van der Waals surface area contributed by atoms with Crippen LogP contribution in [0.3, 0.4) is 0 Å². The van der Waals surface area contributed by atoms with Crippen LogP contribution >= 0.6 is 31.3 Å². The molecule has 0 aromatic carbocycles. The highest BCUT2D eigenvalue weighted by Gasteiger charge is 2.38. The average molecular weight is 542 g/mol. The van der Waals surface area contributed by atoms with E-state index >= 15 is 0 Å². The maximum atomic E-state index is 10.4. The molecule has 0 bridgehead atoms. The molecule has 196 valence electrons. The van der Waals surface area contributed by atoms with E-state index in [1.54, 1.807) is 0 Å². The van der Waals surface area contributed by atoms with Gasteiger partial charge in [-0.2, -0.15) is 8.62 Å². The summed E-state index contributed by atoms with van der Waals surface area (Å²) in [5.41, 5.74) is 0. The third kappa shape index (κ3) is 58.4. The van der Waals surface area contributed by atoms with Crippen LogP contribution in [0.25, 0.3) is 0 Å². The van der Waals surface area contributed by atoms with Crippen molar-refractivity contribution in [2.75, 3.05) is 0 Å². The Labute approximate surface area is 163 Å². The first-order chi connectivity index (χ1) is 8.54. The summed E-state index contributed by atoms with van der Waals surface area (Å²) in [5, 5.41) is 14.6. The van der Waals surface area contributed by atoms with E-state index in [0.717, 1.165) is 0 Å². The van der Waals surface area contributed by atoms with E-state index in [1.165, 1.54) is 0 Å². The quantitative estimate of drug-likeness (QED) is 0.118. The molecule has 0 saturated heterocycles. The molecule has 0 aliphatic carbocycles. The molecular formula is H34N8O17P4. The van der Waals surface area contributed by atoms with E-state index in [-0.39, 0.29) is 54.7 Å². The summed E-state index contributed by atoms with van der Waals surface area (Å²) in [4.78, 5) is 48.0. The Morgan fingerprint density at radius 2 is 0.621 bits per heavy atom. The first-order valence-corrected chi connectivity index (χ1v) is 9.44. The van der Waals surface area contributed by atoms with E-state index in [1.807, 2.05) is 0 Å². The van der Waals surface area contributed by atoms with E-state index < -0.39 is 31.3 Å². The van der Waals surface area contributed by atoms with Gasteiger partial charge in [0.2, 0.25) is 0 Å². The van der Waals surface area contributed by atoms with Gasteiger partial charge in [-0.1, -0.05) is 0 Å². The normalized spacial score (nSPS) is 9.38. The SMILES string of the molecule is N.N.N.N.N.N.N.N.O.O=P(O)(O)OP(=O)(O)OP(=O)(O)O.O=P(O)(OO)OO. The Morgan fingerprint density at radius 3 is 0.690 bits per heavy atom. The van der Waals surface area contributed by atoms with Crippen LogP contribution < -0.4 is 49.2 Å². The number of phosphoric acid groups is 4. The molecule has 0 aliphatic rings. The zero-order chi connectivity index (χ0) is 16.8. The molecule has 0 aromatic rings. The average Bonchev–Trinajstić information content (AvgIpc) is 2.10. The van der Waals surface area contributed by atoms with Gasteiger partial charge in [-0.25, -0.2) is 28.8 Å². The third-order valence-corrected chi connectivity index (χ3v) is 4.39. The minimum Gasteiger partial charge on any atom is -0.412 e. The maximum Gasteiger partial charge on any atom is 0.526 e. The van der Waals surface area contributed by atoms with Gasteiger partial charge in [0, 0.05) is 0 Å². The van der Waals surface area contributed by atoms with E-state index in [9.17, 15) is 18.3 Å². The Morgan fingerprint density at radius 1 is 0.448 bits per heavy atom. The van der Waals surface area contributed by atoms with Crippen molar-refractivity contribution in [1.29, 1.82) is 0 Å². The lowest BCUT2D eigenvalue weighted by atomic mass is 14.0. The Kier molecular flexibility index (Phi) is 63.2. The molecule has 0 heterocycles. The van der Waals surface area contributed by atoms with Crippen molar-refractivity contribution in [3.05, 3.63) is 0 Å². The van der Waals surface area contributed by atoms with Crippen molar-refractivity contribution in [2.24, 2.45) is 0 Å². The molecule has 0 aromatic heterocycles. The molecule has 29 heavy (non-hydrogen) atoms.